The van der Waals surface area contributed by atoms with Crippen molar-refractivity contribution in [1.82, 2.24) is 14.8 Å². The van der Waals surface area contributed by atoms with Crippen LogP contribution in [0.1, 0.15) is 31.1 Å². The van der Waals surface area contributed by atoms with Gasteiger partial charge >= 0.3 is 5.97 Å². The third kappa shape index (κ3) is 5.26. The summed E-state index contributed by atoms with van der Waals surface area (Å²) in [7, 11) is 0. The summed E-state index contributed by atoms with van der Waals surface area (Å²) in [5.74, 6) is 0.760. The lowest BCUT2D eigenvalue weighted by atomic mass is 10.2. The van der Waals surface area contributed by atoms with Gasteiger partial charge in [0.25, 0.3) is 0 Å². The van der Waals surface area contributed by atoms with Gasteiger partial charge in [-0.3, -0.25) is 9.36 Å². The van der Waals surface area contributed by atoms with Crippen LogP contribution < -0.4 is 5.32 Å². The number of rotatable bonds is 8. The standard InChI is InChI=1S/C20H22N4O4S/c1-4-24-18(16-9-6-10-27-16)22-23-20(24)29-12-17(25)21-15-8-5-7-14(11-15)19(26)28-13(2)3/h5-11,13H,4,12H2,1-3H3,(H,21,25). The summed E-state index contributed by atoms with van der Waals surface area (Å²) < 4.78 is 12.5. The molecule has 0 atom stereocenters. The van der Waals surface area contributed by atoms with Crippen molar-refractivity contribution >= 4 is 29.3 Å². The maximum Gasteiger partial charge on any atom is 0.338 e. The van der Waals surface area contributed by atoms with Crippen molar-refractivity contribution in [3.05, 3.63) is 48.2 Å². The molecule has 3 aromatic rings. The van der Waals surface area contributed by atoms with Crippen molar-refractivity contribution in [3.8, 4) is 11.6 Å². The Hall–Kier alpha value is -3.07. The van der Waals surface area contributed by atoms with Gasteiger partial charge in [-0.05, 0) is 51.1 Å². The van der Waals surface area contributed by atoms with Crippen molar-refractivity contribution in [2.45, 2.75) is 38.6 Å². The number of carbonyl (C=O) groups is 2. The van der Waals surface area contributed by atoms with E-state index in [-0.39, 0.29) is 17.8 Å². The molecule has 0 aliphatic carbocycles. The van der Waals surface area contributed by atoms with Crippen LogP contribution >= 0.6 is 11.8 Å². The number of hydrogen-bond acceptors (Lipinski definition) is 7. The zero-order valence-corrected chi connectivity index (χ0v) is 17.2. The van der Waals surface area contributed by atoms with E-state index in [0.717, 1.165) is 0 Å². The fourth-order valence-corrected chi connectivity index (χ4v) is 3.40. The van der Waals surface area contributed by atoms with Gasteiger partial charge in [0.1, 0.15) is 0 Å². The van der Waals surface area contributed by atoms with E-state index in [1.165, 1.54) is 11.8 Å². The van der Waals surface area contributed by atoms with Crippen LogP contribution in [0.25, 0.3) is 11.6 Å². The highest BCUT2D eigenvalue weighted by molar-refractivity contribution is 7.99. The van der Waals surface area contributed by atoms with Crippen molar-refractivity contribution in [2.24, 2.45) is 0 Å². The summed E-state index contributed by atoms with van der Waals surface area (Å²) in [6, 6.07) is 10.3. The molecule has 0 aliphatic heterocycles. The van der Waals surface area contributed by atoms with Crippen molar-refractivity contribution in [1.29, 1.82) is 0 Å². The predicted octanol–water partition coefficient (Wildman–Crippen LogP) is 3.85. The van der Waals surface area contributed by atoms with Gasteiger partial charge in [-0.15, -0.1) is 10.2 Å². The number of hydrogen-bond donors (Lipinski definition) is 1. The second kappa shape index (κ2) is 9.42. The molecule has 152 valence electrons. The highest BCUT2D eigenvalue weighted by atomic mass is 32.2. The second-order valence-corrected chi connectivity index (χ2v) is 7.34. The van der Waals surface area contributed by atoms with Crippen LogP contribution in [-0.2, 0) is 16.1 Å². The monoisotopic (exact) mass is 414 g/mol. The molecular formula is C20H22N4O4S. The van der Waals surface area contributed by atoms with Gasteiger partial charge in [0, 0.05) is 12.2 Å². The number of ether oxygens (including phenoxy) is 1. The van der Waals surface area contributed by atoms with Crippen LogP contribution in [0.5, 0.6) is 0 Å². The molecule has 0 spiro atoms. The smallest absolute Gasteiger partial charge is 0.338 e. The third-order valence-corrected chi connectivity index (χ3v) is 4.80. The van der Waals surface area contributed by atoms with E-state index in [2.05, 4.69) is 15.5 Å². The SMILES string of the molecule is CCn1c(SCC(=O)Nc2cccc(C(=O)OC(C)C)c2)nnc1-c1ccco1. The van der Waals surface area contributed by atoms with Crippen LogP contribution in [0.15, 0.2) is 52.2 Å². The number of nitrogens with zero attached hydrogens (tertiary/aromatic N) is 3. The lowest BCUT2D eigenvalue weighted by Gasteiger charge is -2.10. The Morgan fingerprint density at radius 3 is 2.76 bits per heavy atom. The average molecular weight is 414 g/mol. The summed E-state index contributed by atoms with van der Waals surface area (Å²) in [5.41, 5.74) is 0.917. The van der Waals surface area contributed by atoms with E-state index in [1.807, 2.05) is 17.6 Å². The topological polar surface area (TPSA) is 99.2 Å². The van der Waals surface area contributed by atoms with Crippen LogP contribution in [0.2, 0.25) is 0 Å². The number of amides is 1. The molecule has 9 heteroatoms. The van der Waals surface area contributed by atoms with Gasteiger partial charge in [-0.1, -0.05) is 17.8 Å². The Kier molecular flexibility index (Phi) is 6.71. The number of carbonyl (C=O) groups excluding carboxylic acids is 2. The molecule has 29 heavy (non-hydrogen) atoms. The molecule has 1 N–H and O–H groups in total. The molecule has 0 unspecified atom stereocenters. The van der Waals surface area contributed by atoms with E-state index >= 15 is 0 Å². The lowest BCUT2D eigenvalue weighted by Crippen LogP contribution is -2.16. The van der Waals surface area contributed by atoms with Crippen molar-refractivity contribution in [2.75, 3.05) is 11.1 Å². The van der Waals surface area contributed by atoms with Crippen molar-refractivity contribution < 1.29 is 18.7 Å². The van der Waals surface area contributed by atoms with Crippen LogP contribution in [0.4, 0.5) is 5.69 Å². The normalized spacial score (nSPS) is 10.9. The number of nitrogens with one attached hydrogen (secondary N) is 1. The largest absolute Gasteiger partial charge is 0.461 e. The summed E-state index contributed by atoms with van der Waals surface area (Å²) in [6.45, 7) is 6.19. The molecule has 0 bridgehead atoms. The zero-order chi connectivity index (χ0) is 20.8. The highest BCUT2D eigenvalue weighted by Crippen LogP contribution is 2.24. The summed E-state index contributed by atoms with van der Waals surface area (Å²) in [4.78, 5) is 24.4. The fourth-order valence-electron chi connectivity index (χ4n) is 2.60. The number of thioether (sulfide) groups is 1. The van der Waals surface area contributed by atoms with E-state index in [1.54, 1.807) is 50.4 Å². The van der Waals surface area contributed by atoms with Gasteiger partial charge < -0.3 is 14.5 Å². The number of aromatic nitrogens is 3. The van der Waals surface area contributed by atoms with Gasteiger partial charge in [0.05, 0.1) is 23.7 Å². The average Bonchev–Trinajstić information content (AvgIpc) is 3.35. The Balaban J connectivity index is 1.62. The zero-order valence-electron chi connectivity index (χ0n) is 16.4. The van der Waals surface area contributed by atoms with Crippen LogP contribution in [-0.4, -0.2) is 38.5 Å². The van der Waals surface area contributed by atoms with E-state index < -0.39 is 5.97 Å². The Morgan fingerprint density at radius 2 is 2.07 bits per heavy atom. The summed E-state index contributed by atoms with van der Waals surface area (Å²) in [6.07, 6.45) is 1.37. The van der Waals surface area contributed by atoms with E-state index in [0.29, 0.717) is 34.5 Å². The molecule has 0 radical (unpaired) electrons. The van der Waals surface area contributed by atoms with E-state index in [9.17, 15) is 9.59 Å². The number of anilines is 1. The predicted molar refractivity (Wildman–Crippen MR) is 110 cm³/mol. The van der Waals surface area contributed by atoms with Gasteiger partial charge in [-0.25, -0.2) is 4.79 Å². The molecule has 3 rings (SSSR count). The lowest BCUT2D eigenvalue weighted by molar-refractivity contribution is -0.113. The van der Waals surface area contributed by atoms with Crippen molar-refractivity contribution in [3.63, 3.8) is 0 Å². The maximum absolute atomic E-state index is 12.4. The molecule has 2 aromatic heterocycles. The molecule has 2 heterocycles. The first kappa shape index (κ1) is 20.7. The highest BCUT2D eigenvalue weighted by Gasteiger charge is 2.16. The van der Waals surface area contributed by atoms with E-state index in [4.69, 9.17) is 9.15 Å². The number of furan rings is 1. The minimum atomic E-state index is -0.424. The first-order chi connectivity index (χ1) is 14.0. The Morgan fingerprint density at radius 1 is 1.24 bits per heavy atom. The Labute approximate surface area is 172 Å². The molecule has 8 nitrogen and oxygen atoms in total. The Bertz CT molecular complexity index is 982. The number of benzene rings is 1. The van der Waals surface area contributed by atoms with Gasteiger partial charge in [0.2, 0.25) is 5.91 Å². The van der Waals surface area contributed by atoms with Gasteiger partial charge in [0.15, 0.2) is 16.7 Å². The quantitative estimate of drug-likeness (QED) is 0.441. The van der Waals surface area contributed by atoms with Crippen LogP contribution in [0, 0.1) is 0 Å². The first-order valence-electron chi connectivity index (χ1n) is 9.18. The summed E-state index contributed by atoms with van der Waals surface area (Å²) >= 11 is 1.28. The first-order valence-corrected chi connectivity index (χ1v) is 10.2. The molecule has 1 amide bonds. The molecule has 0 aliphatic rings. The number of esters is 1. The fraction of sp³-hybridized carbons (Fsp3) is 0.300. The maximum atomic E-state index is 12.4. The second-order valence-electron chi connectivity index (χ2n) is 6.40. The van der Waals surface area contributed by atoms with Gasteiger partial charge in [-0.2, -0.15) is 0 Å². The molecule has 0 fully saturated rings. The minimum Gasteiger partial charge on any atom is -0.461 e. The molecule has 1 aromatic carbocycles. The summed E-state index contributed by atoms with van der Waals surface area (Å²) in [5, 5.41) is 11.7. The molecular weight excluding hydrogens is 392 g/mol. The minimum absolute atomic E-state index is 0.150. The molecule has 0 saturated carbocycles. The molecule has 0 saturated heterocycles. The third-order valence-electron chi connectivity index (χ3n) is 3.83. The van der Waals surface area contributed by atoms with Crippen LogP contribution in [0.3, 0.4) is 0 Å².